The normalized spacial score (nSPS) is 10.5. The molecule has 7 heteroatoms. The number of pyridine rings is 1. The molecule has 0 aliphatic rings. The van der Waals surface area contributed by atoms with Crippen LogP contribution >= 0.6 is 11.6 Å². The van der Waals surface area contributed by atoms with Gasteiger partial charge in [-0.2, -0.15) is 0 Å². The maximum atomic E-state index is 12.4. The van der Waals surface area contributed by atoms with E-state index in [1.165, 1.54) is 0 Å². The number of fused-ring (bicyclic) bond motifs is 1. The largest absolute Gasteiger partial charge is 0.492 e. The summed E-state index contributed by atoms with van der Waals surface area (Å²) < 4.78 is 10.6. The number of nitrogens with zero attached hydrogens (tertiary/aromatic N) is 1. The first-order chi connectivity index (χ1) is 13.5. The molecule has 0 saturated carbocycles. The molecule has 3 rings (SSSR count). The Bertz CT molecular complexity index is 1040. The molecule has 0 spiro atoms. The zero-order valence-electron chi connectivity index (χ0n) is 15.5. The molecule has 6 nitrogen and oxygen atoms in total. The number of aryl methyl sites for hydroxylation is 1. The van der Waals surface area contributed by atoms with Gasteiger partial charge in [-0.05, 0) is 50.2 Å². The standard InChI is InChI=1S/C21H19ClN2O4/c1-3-27-19-7-5-4-6-18(19)24-20(25)12-28-21(26)16-11-14-10-15(22)8-9-17(14)23-13(16)2/h4-11H,3,12H2,1-2H3,(H,24,25). The highest BCUT2D eigenvalue weighted by atomic mass is 35.5. The topological polar surface area (TPSA) is 77.5 Å². The van der Waals surface area contributed by atoms with Crippen molar-refractivity contribution in [3.8, 4) is 5.75 Å². The number of rotatable bonds is 6. The van der Waals surface area contributed by atoms with Gasteiger partial charge in [0.1, 0.15) is 5.75 Å². The lowest BCUT2D eigenvalue weighted by Gasteiger charge is -2.12. The number of para-hydroxylation sites is 2. The number of carbonyl (C=O) groups excluding carboxylic acids is 2. The Morgan fingerprint density at radius 3 is 2.71 bits per heavy atom. The van der Waals surface area contributed by atoms with Crippen molar-refractivity contribution in [3.63, 3.8) is 0 Å². The second-order valence-electron chi connectivity index (χ2n) is 6.01. The highest BCUT2D eigenvalue weighted by molar-refractivity contribution is 6.31. The first-order valence-corrected chi connectivity index (χ1v) is 9.11. The maximum Gasteiger partial charge on any atom is 0.340 e. The lowest BCUT2D eigenvalue weighted by Crippen LogP contribution is -2.21. The van der Waals surface area contributed by atoms with Crippen LogP contribution in [0, 0.1) is 6.92 Å². The molecule has 0 saturated heterocycles. The SMILES string of the molecule is CCOc1ccccc1NC(=O)COC(=O)c1cc2cc(Cl)ccc2nc1C. The minimum absolute atomic E-state index is 0.289. The van der Waals surface area contributed by atoms with Gasteiger partial charge in [-0.1, -0.05) is 23.7 Å². The highest BCUT2D eigenvalue weighted by Crippen LogP contribution is 2.24. The molecule has 0 fully saturated rings. The maximum absolute atomic E-state index is 12.4. The summed E-state index contributed by atoms with van der Waals surface area (Å²) in [7, 11) is 0. The van der Waals surface area contributed by atoms with Gasteiger partial charge < -0.3 is 14.8 Å². The Labute approximate surface area is 167 Å². The van der Waals surface area contributed by atoms with E-state index in [9.17, 15) is 9.59 Å². The van der Waals surface area contributed by atoms with Crippen LogP contribution < -0.4 is 10.1 Å². The fraction of sp³-hybridized carbons (Fsp3) is 0.190. The predicted molar refractivity (Wildman–Crippen MR) is 108 cm³/mol. The van der Waals surface area contributed by atoms with E-state index in [0.29, 0.717) is 28.8 Å². The molecule has 3 aromatic rings. The molecule has 2 aromatic carbocycles. The number of amides is 1. The van der Waals surface area contributed by atoms with Crippen LogP contribution in [-0.2, 0) is 9.53 Å². The number of benzene rings is 2. The third-order valence-corrected chi connectivity index (χ3v) is 4.22. The quantitative estimate of drug-likeness (QED) is 0.623. The number of hydrogen-bond acceptors (Lipinski definition) is 5. The van der Waals surface area contributed by atoms with Crippen molar-refractivity contribution >= 4 is 40.1 Å². The second-order valence-corrected chi connectivity index (χ2v) is 6.45. The van der Waals surface area contributed by atoms with Crippen LogP contribution in [0.1, 0.15) is 23.0 Å². The predicted octanol–water partition coefficient (Wildman–Crippen LogP) is 4.39. The molecule has 0 aliphatic carbocycles. The van der Waals surface area contributed by atoms with E-state index in [0.717, 1.165) is 10.9 Å². The molecular weight excluding hydrogens is 380 g/mol. The summed E-state index contributed by atoms with van der Waals surface area (Å²) in [6.07, 6.45) is 0. The molecule has 144 valence electrons. The molecule has 28 heavy (non-hydrogen) atoms. The number of ether oxygens (including phenoxy) is 2. The van der Waals surface area contributed by atoms with Crippen molar-refractivity contribution in [3.05, 3.63) is 64.8 Å². The van der Waals surface area contributed by atoms with E-state index in [4.69, 9.17) is 21.1 Å². The molecule has 1 amide bonds. The molecule has 0 aliphatic heterocycles. The number of anilines is 1. The molecule has 0 radical (unpaired) electrons. The van der Waals surface area contributed by atoms with Gasteiger partial charge in [0.05, 0.1) is 29.1 Å². The zero-order chi connectivity index (χ0) is 20.1. The van der Waals surface area contributed by atoms with Crippen LogP contribution in [0.15, 0.2) is 48.5 Å². The third kappa shape index (κ3) is 4.58. The van der Waals surface area contributed by atoms with E-state index in [1.54, 1.807) is 49.4 Å². The number of hydrogen-bond donors (Lipinski definition) is 1. The summed E-state index contributed by atoms with van der Waals surface area (Å²) in [5.41, 5.74) is 2.05. The minimum atomic E-state index is -0.625. The average Bonchev–Trinajstić information content (AvgIpc) is 2.67. The molecule has 1 heterocycles. The van der Waals surface area contributed by atoms with Crippen LogP contribution in [0.2, 0.25) is 5.02 Å². The van der Waals surface area contributed by atoms with Crippen molar-refractivity contribution < 1.29 is 19.1 Å². The summed E-state index contributed by atoms with van der Waals surface area (Å²) >= 11 is 6.00. The smallest absolute Gasteiger partial charge is 0.340 e. The van der Waals surface area contributed by atoms with Gasteiger partial charge in [-0.25, -0.2) is 4.79 Å². The minimum Gasteiger partial charge on any atom is -0.492 e. The molecular formula is C21H19ClN2O4. The number of esters is 1. The fourth-order valence-electron chi connectivity index (χ4n) is 2.70. The summed E-state index contributed by atoms with van der Waals surface area (Å²) in [6.45, 7) is 3.61. The summed E-state index contributed by atoms with van der Waals surface area (Å²) in [5.74, 6) is -0.536. The van der Waals surface area contributed by atoms with E-state index < -0.39 is 18.5 Å². The Morgan fingerprint density at radius 1 is 1.14 bits per heavy atom. The van der Waals surface area contributed by atoms with Crippen molar-refractivity contribution in [1.29, 1.82) is 0 Å². The molecule has 0 bridgehead atoms. The van der Waals surface area contributed by atoms with Crippen LogP contribution in [0.5, 0.6) is 5.75 Å². The van der Waals surface area contributed by atoms with Gasteiger partial charge in [0, 0.05) is 10.4 Å². The lowest BCUT2D eigenvalue weighted by molar-refractivity contribution is -0.119. The number of aromatic nitrogens is 1. The zero-order valence-corrected chi connectivity index (χ0v) is 16.2. The van der Waals surface area contributed by atoms with Crippen LogP contribution in [0.25, 0.3) is 10.9 Å². The summed E-state index contributed by atoms with van der Waals surface area (Å²) in [4.78, 5) is 29.0. The third-order valence-electron chi connectivity index (χ3n) is 3.98. The van der Waals surface area contributed by atoms with E-state index in [1.807, 2.05) is 13.0 Å². The summed E-state index contributed by atoms with van der Waals surface area (Å²) in [5, 5.41) is 3.95. The van der Waals surface area contributed by atoms with Gasteiger partial charge in [-0.3, -0.25) is 9.78 Å². The van der Waals surface area contributed by atoms with Crippen LogP contribution in [-0.4, -0.2) is 30.1 Å². The van der Waals surface area contributed by atoms with Gasteiger partial charge in [-0.15, -0.1) is 0 Å². The molecule has 0 atom stereocenters. The van der Waals surface area contributed by atoms with Crippen LogP contribution in [0.4, 0.5) is 5.69 Å². The van der Waals surface area contributed by atoms with E-state index in [2.05, 4.69) is 10.3 Å². The molecule has 1 aromatic heterocycles. The number of nitrogens with one attached hydrogen (secondary N) is 1. The van der Waals surface area contributed by atoms with Crippen molar-refractivity contribution in [2.24, 2.45) is 0 Å². The van der Waals surface area contributed by atoms with E-state index >= 15 is 0 Å². The summed E-state index contributed by atoms with van der Waals surface area (Å²) in [6, 6.07) is 13.9. The number of halogens is 1. The van der Waals surface area contributed by atoms with Gasteiger partial charge in [0.15, 0.2) is 6.61 Å². The molecule has 1 N–H and O–H groups in total. The van der Waals surface area contributed by atoms with Crippen molar-refractivity contribution in [2.75, 3.05) is 18.5 Å². The molecule has 0 unspecified atom stereocenters. The first-order valence-electron chi connectivity index (χ1n) is 8.73. The monoisotopic (exact) mass is 398 g/mol. The Kier molecular flexibility index (Phi) is 6.11. The Morgan fingerprint density at radius 2 is 1.93 bits per heavy atom. The number of carbonyl (C=O) groups is 2. The van der Waals surface area contributed by atoms with Crippen molar-refractivity contribution in [1.82, 2.24) is 4.98 Å². The van der Waals surface area contributed by atoms with Crippen LogP contribution in [0.3, 0.4) is 0 Å². The fourth-order valence-corrected chi connectivity index (χ4v) is 2.88. The van der Waals surface area contributed by atoms with Gasteiger partial charge in [0.25, 0.3) is 5.91 Å². The Hall–Kier alpha value is -3.12. The van der Waals surface area contributed by atoms with Gasteiger partial charge in [0.2, 0.25) is 0 Å². The Balaban J connectivity index is 1.68. The average molecular weight is 399 g/mol. The van der Waals surface area contributed by atoms with Crippen molar-refractivity contribution in [2.45, 2.75) is 13.8 Å². The lowest BCUT2D eigenvalue weighted by atomic mass is 10.1. The second kappa shape index (κ2) is 8.71. The first kappa shape index (κ1) is 19.6. The highest BCUT2D eigenvalue weighted by Gasteiger charge is 2.16. The van der Waals surface area contributed by atoms with Gasteiger partial charge >= 0.3 is 5.97 Å². The van der Waals surface area contributed by atoms with E-state index in [-0.39, 0.29) is 5.56 Å².